The largest absolute Gasteiger partial charge is 0.354 e. The number of hydrogen-bond acceptors (Lipinski definition) is 4. The zero-order chi connectivity index (χ0) is 12.8. The number of carbonyl (C=O) groups is 1. The smallest absolute Gasteiger partial charge is 0.237 e. The van der Waals surface area contributed by atoms with E-state index in [0.29, 0.717) is 6.54 Å². The topological polar surface area (TPSA) is 54.0 Å². The first kappa shape index (κ1) is 13.5. The highest BCUT2D eigenvalue weighted by molar-refractivity contribution is 7.11. The summed E-state index contributed by atoms with van der Waals surface area (Å²) < 4.78 is 0. The molecule has 1 aliphatic heterocycles. The molecule has 1 atom stereocenters. The molecule has 0 spiro atoms. The molecule has 0 aromatic carbocycles. The Labute approximate surface area is 112 Å². The van der Waals surface area contributed by atoms with Gasteiger partial charge < -0.3 is 10.6 Å². The summed E-state index contributed by atoms with van der Waals surface area (Å²) in [7, 11) is 0. The summed E-state index contributed by atoms with van der Waals surface area (Å²) in [5, 5.41) is 7.36. The molecule has 0 saturated carbocycles. The maximum Gasteiger partial charge on any atom is 0.237 e. The molecule has 18 heavy (non-hydrogen) atoms. The van der Waals surface area contributed by atoms with Crippen LogP contribution in [0.2, 0.25) is 0 Å². The molecule has 0 radical (unpaired) electrons. The average Bonchev–Trinajstić information content (AvgIpc) is 2.87. The van der Waals surface area contributed by atoms with Gasteiger partial charge in [-0.3, -0.25) is 4.79 Å². The van der Waals surface area contributed by atoms with E-state index >= 15 is 0 Å². The van der Waals surface area contributed by atoms with Crippen molar-refractivity contribution in [2.45, 2.75) is 45.1 Å². The van der Waals surface area contributed by atoms with E-state index in [9.17, 15) is 4.79 Å². The van der Waals surface area contributed by atoms with Gasteiger partial charge in [-0.1, -0.05) is 13.3 Å². The van der Waals surface area contributed by atoms with Gasteiger partial charge in [0.05, 0.1) is 11.0 Å². The number of nitrogens with one attached hydrogen (secondary N) is 2. The molecule has 5 heteroatoms. The molecule has 2 rings (SSSR count). The van der Waals surface area contributed by atoms with Gasteiger partial charge >= 0.3 is 0 Å². The lowest BCUT2D eigenvalue weighted by atomic mass is 10.0. The molecular formula is C13H21N3OS. The SMILES string of the molecule is CCc1cnc(CCNC(=O)[C@H]2CCCCN2)s1. The molecule has 1 fully saturated rings. The first-order valence-corrected chi connectivity index (χ1v) is 7.56. The number of nitrogens with zero attached hydrogens (tertiary/aromatic N) is 1. The van der Waals surface area contributed by atoms with Crippen LogP contribution >= 0.6 is 11.3 Å². The molecule has 1 aromatic heterocycles. The number of thiazole rings is 1. The minimum absolute atomic E-state index is 0.0150. The fourth-order valence-electron chi connectivity index (χ4n) is 2.12. The van der Waals surface area contributed by atoms with Crippen LogP contribution in [-0.2, 0) is 17.6 Å². The number of rotatable bonds is 5. The maximum atomic E-state index is 11.9. The molecule has 0 unspecified atom stereocenters. The van der Waals surface area contributed by atoms with E-state index in [2.05, 4.69) is 22.5 Å². The van der Waals surface area contributed by atoms with Crippen molar-refractivity contribution in [1.29, 1.82) is 0 Å². The molecule has 4 nitrogen and oxygen atoms in total. The Kier molecular flexibility index (Phi) is 5.13. The predicted molar refractivity (Wildman–Crippen MR) is 73.8 cm³/mol. The van der Waals surface area contributed by atoms with Crippen LogP contribution < -0.4 is 10.6 Å². The van der Waals surface area contributed by atoms with Gasteiger partial charge in [0, 0.05) is 24.0 Å². The number of amides is 1. The highest BCUT2D eigenvalue weighted by Crippen LogP contribution is 2.13. The number of aryl methyl sites for hydroxylation is 1. The third kappa shape index (κ3) is 3.78. The van der Waals surface area contributed by atoms with Gasteiger partial charge in [-0.05, 0) is 25.8 Å². The van der Waals surface area contributed by atoms with Crippen LogP contribution in [0.25, 0.3) is 0 Å². The van der Waals surface area contributed by atoms with Crippen molar-refractivity contribution < 1.29 is 4.79 Å². The van der Waals surface area contributed by atoms with Crippen molar-refractivity contribution in [2.75, 3.05) is 13.1 Å². The predicted octanol–water partition coefficient (Wildman–Crippen LogP) is 1.51. The number of carbonyl (C=O) groups excluding carboxylic acids is 1. The van der Waals surface area contributed by atoms with Gasteiger partial charge in [-0.2, -0.15) is 0 Å². The van der Waals surface area contributed by atoms with E-state index in [1.165, 1.54) is 11.3 Å². The van der Waals surface area contributed by atoms with Gasteiger partial charge in [-0.25, -0.2) is 4.98 Å². The van der Waals surface area contributed by atoms with Crippen molar-refractivity contribution in [3.63, 3.8) is 0 Å². The second-order valence-corrected chi connectivity index (χ2v) is 5.82. The molecule has 2 heterocycles. The maximum absolute atomic E-state index is 11.9. The van der Waals surface area contributed by atoms with Crippen molar-refractivity contribution in [1.82, 2.24) is 15.6 Å². The van der Waals surface area contributed by atoms with Crippen LogP contribution in [0.4, 0.5) is 0 Å². The lowest BCUT2D eigenvalue weighted by Crippen LogP contribution is -2.47. The van der Waals surface area contributed by atoms with Crippen molar-refractivity contribution in [2.24, 2.45) is 0 Å². The van der Waals surface area contributed by atoms with Crippen molar-refractivity contribution in [3.05, 3.63) is 16.1 Å². The summed E-state index contributed by atoms with van der Waals surface area (Å²) in [6, 6.07) is 0.0150. The van der Waals surface area contributed by atoms with Gasteiger partial charge in [0.25, 0.3) is 0 Å². The third-order valence-electron chi connectivity index (χ3n) is 3.21. The van der Waals surface area contributed by atoms with E-state index in [-0.39, 0.29) is 11.9 Å². The Morgan fingerprint density at radius 1 is 1.61 bits per heavy atom. The highest BCUT2D eigenvalue weighted by Gasteiger charge is 2.19. The Bertz CT molecular complexity index is 385. The Balaban J connectivity index is 1.69. The lowest BCUT2D eigenvalue weighted by Gasteiger charge is -2.22. The quantitative estimate of drug-likeness (QED) is 0.850. The van der Waals surface area contributed by atoms with E-state index < -0.39 is 0 Å². The molecule has 100 valence electrons. The van der Waals surface area contributed by atoms with E-state index in [1.807, 2.05) is 6.20 Å². The van der Waals surface area contributed by atoms with Crippen LogP contribution in [0, 0.1) is 0 Å². The van der Waals surface area contributed by atoms with E-state index in [1.54, 1.807) is 11.3 Å². The Hall–Kier alpha value is -0.940. The monoisotopic (exact) mass is 267 g/mol. The second kappa shape index (κ2) is 6.85. The number of piperidine rings is 1. The van der Waals surface area contributed by atoms with E-state index in [4.69, 9.17) is 0 Å². The minimum Gasteiger partial charge on any atom is -0.354 e. The van der Waals surface area contributed by atoms with Gasteiger partial charge in [0.15, 0.2) is 0 Å². The molecule has 0 aliphatic carbocycles. The molecular weight excluding hydrogens is 246 g/mol. The zero-order valence-electron chi connectivity index (χ0n) is 10.9. The first-order chi connectivity index (χ1) is 8.79. The average molecular weight is 267 g/mol. The summed E-state index contributed by atoms with van der Waals surface area (Å²) in [6.45, 7) is 3.78. The summed E-state index contributed by atoms with van der Waals surface area (Å²) >= 11 is 1.74. The number of aromatic nitrogens is 1. The van der Waals surface area contributed by atoms with Gasteiger partial charge in [0.1, 0.15) is 0 Å². The summed E-state index contributed by atoms with van der Waals surface area (Å²) in [5.41, 5.74) is 0. The minimum atomic E-state index is 0.0150. The molecule has 1 aromatic rings. The summed E-state index contributed by atoms with van der Waals surface area (Å²) in [5.74, 6) is 0.141. The van der Waals surface area contributed by atoms with Crippen LogP contribution in [0.1, 0.15) is 36.1 Å². The standard InChI is InChI=1S/C13H21N3OS/c1-2-10-9-16-12(18-10)6-8-15-13(17)11-5-3-4-7-14-11/h9,11,14H,2-8H2,1H3,(H,15,17)/t11-/m1/s1. The van der Waals surface area contributed by atoms with Crippen molar-refractivity contribution in [3.8, 4) is 0 Å². The molecule has 2 N–H and O–H groups in total. The molecule has 0 bridgehead atoms. The van der Waals surface area contributed by atoms with Crippen LogP contribution in [-0.4, -0.2) is 30.0 Å². The molecule has 1 saturated heterocycles. The highest BCUT2D eigenvalue weighted by atomic mass is 32.1. The lowest BCUT2D eigenvalue weighted by molar-refractivity contribution is -0.123. The Morgan fingerprint density at radius 2 is 2.50 bits per heavy atom. The third-order valence-corrected chi connectivity index (χ3v) is 4.42. The second-order valence-electron chi connectivity index (χ2n) is 4.62. The fourth-order valence-corrected chi connectivity index (χ4v) is 2.98. The molecule has 1 aliphatic rings. The summed E-state index contributed by atoms with van der Waals surface area (Å²) in [4.78, 5) is 17.5. The van der Waals surface area contributed by atoms with Crippen molar-refractivity contribution >= 4 is 17.2 Å². The first-order valence-electron chi connectivity index (χ1n) is 6.74. The zero-order valence-corrected chi connectivity index (χ0v) is 11.7. The normalized spacial score (nSPS) is 19.7. The number of hydrogen-bond donors (Lipinski definition) is 2. The molecule has 1 amide bonds. The van der Waals surface area contributed by atoms with Crippen LogP contribution in [0.15, 0.2) is 6.20 Å². The fraction of sp³-hybridized carbons (Fsp3) is 0.692. The van der Waals surface area contributed by atoms with Gasteiger partial charge in [0.2, 0.25) is 5.91 Å². The summed E-state index contributed by atoms with van der Waals surface area (Å²) in [6.07, 6.45) is 7.10. The van der Waals surface area contributed by atoms with Crippen LogP contribution in [0.5, 0.6) is 0 Å². The van der Waals surface area contributed by atoms with Crippen LogP contribution in [0.3, 0.4) is 0 Å². The van der Waals surface area contributed by atoms with E-state index in [0.717, 1.165) is 37.2 Å². The van der Waals surface area contributed by atoms with Gasteiger partial charge in [-0.15, -0.1) is 11.3 Å². The Morgan fingerprint density at radius 3 is 3.17 bits per heavy atom.